The molecule has 2 heterocycles. The first kappa shape index (κ1) is 17.0. The molecule has 0 saturated heterocycles. The number of fused-ring (bicyclic) bond motifs is 1. The Morgan fingerprint density at radius 3 is 2.76 bits per heavy atom. The van der Waals surface area contributed by atoms with Crippen LogP contribution in [0.5, 0.6) is 11.9 Å². The molecule has 3 aromatic rings. The van der Waals surface area contributed by atoms with Crippen LogP contribution in [0.2, 0.25) is 5.02 Å². The summed E-state index contributed by atoms with van der Waals surface area (Å²) in [6.45, 7) is 2.00. The number of nitrogens with zero attached hydrogens (tertiary/aromatic N) is 2. The third-order valence-electron chi connectivity index (χ3n) is 3.62. The fourth-order valence-corrected chi connectivity index (χ4v) is 2.75. The van der Waals surface area contributed by atoms with E-state index >= 15 is 0 Å². The molecular weight excluding hydrogens is 346 g/mol. The number of carbonyl (C=O) groups excluding carboxylic acids is 1. The Hall–Kier alpha value is -2.80. The largest absolute Gasteiger partial charge is 0.480 e. The van der Waals surface area contributed by atoms with E-state index in [0.29, 0.717) is 16.1 Å². The Morgan fingerprint density at radius 2 is 2.08 bits per heavy atom. The molecule has 3 rings (SSSR count). The molecule has 0 aliphatic carbocycles. The quantitative estimate of drug-likeness (QED) is 0.700. The monoisotopic (exact) mass is 361 g/mol. The summed E-state index contributed by atoms with van der Waals surface area (Å²) >= 11 is 6.14. The summed E-state index contributed by atoms with van der Waals surface area (Å²) in [5.74, 6) is -0.207. The van der Waals surface area contributed by atoms with E-state index in [0.717, 1.165) is 10.9 Å². The van der Waals surface area contributed by atoms with E-state index in [-0.39, 0.29) is 24.2 Å². The third-order valence-corrected chi connectivity index (χ3v) is 3.85. The van der Waals surface area contributed by atoms with Gasteiger partial charge >= 0.3 is 12.0 Å². The average Bonchev–Trinajstić information content (AvgIpc) is 2.99. The topological polar surface area (TPSA) is 86.3 Å². The van der Waals surface area contributed by atoms with Gasteiger partial charge in [-0.2, -0.15) is 4.98 Å². The van der Waals surface area contributed by atoms with E-state index in [9.17, 15) is 4.79 Å². The minimum absolute atomic E-state index is 0.163. The number of nitrogens with one attached hydrogen (secondary N) is 1. The predicted octanol–water partition coefficient (Wildman–Crippen LogP) is 3.47. The molecule has 0 radical (unpaired) electrons. The fourth-order valence-electron chi connectivity index (χ4n) is 2.58. The van der Waals surface area contributed by atoms with Gasteiger partial charge in [-0.3, -0.25) is 0 Å². The highest BCUT2D eigenvalue weighted by Gasteiger charge is 2.24. The van der Waals surface area contributed by atoms with Gasteiger partial charge in [0.25, 0.3) is 0 Å². The standard InChI is InChI=1S/C17H16ClN3O4/c1-4-25-16(22)14-13(10-7-9(18)5-6-12(10)20-14)11-8-19-17(24-3)21-15(11)23-2/h5-8,20H,4H2,1-3H3. The molecule has 0 saturated carbocycles. The van der Waals surface area contributed by atoms with Gasteiger partial charge in [0, 0.05) is 27.7 Å². The van der Waals surface area contributed by atoms with Crippen molar-refractivity contribution < 1.29 is 19.0 Å². The number of rotatable bonds is 5. The minimum Gasteiger partial charge on any atom is -0.480 e. The van der Waals surface area contributed by atoms with Crippen molar-refractivity contribution in [3.8, 4) is 23.0 Å². The van der Waals surface area contributed by atoms with E-state index in [1.165, 1.54) is 20.4 Å². The van der Waals surface area contributed by atoms with Crippen LogP contribution >= 0.6 is 11.6 Å². The van der Waals surface area contributed by atoms with Crippen LogP contribution in [0, 0.1) is 0 Å². The van der Waals surface area contributed by atoms with Gasteiger partial charge in [-0.05, 0) is 25.1 Å². The van der Waals surface area contributed by atoms with E-state index < -0.39 is 5.97 Å². The predicted molar refractivity (Wildman–Crippen MR) is 93.4 cm³/mol. The van der Waals surface area contributed by atoms with E-state index in [2.05, 4.69) is 15.0 Å². The summed E-state index contributed by atoms with van der Waals surface area (Å²) in [5, 5.41) is 1.28. The van der Waals surface area contributed by atoms with Gasteiger partial charge in [-0.25, -0.2) is 9.78 Å². The highest BCUT2D eigenvalue weighted by atomic mass is 35.5. The number of carbonyl (C=O) groups is 1. The molecule has 0 aliphatic rings. The smallest absolute Gasteiger partial charge is 0.355 e. The number of esters is 1. The second-order valence-corrected chi connectivity index (χ2v) is 5.50. The number of methoxy groups -OCH3 is 2. The van der Waals surface area contributed by atoms with Crippen LogP contribution in [0.15, 0.2) is 24.4 Å². The maximum atomic E-state index is 12.4. The van der Waals surface area contributed by atoms with Crippen LogP contribution in [-0.4, -0.2) is 41.7 Å². The molecule has 8 heteroatoms. The van der Waals surface area contributed by atoms with Crippen LogP contribution < -0.4 is 9.47 Å². The van der Waals surface area contributed by atoms with Gasteiger partial charge in [-0.15, -0.1) is 0 Å². The Morgan fingerprint density at radius 1 is 1.28 bits per heavy atom. The summed E-state index contributed by atoms with van der Waals surface area (Å²) in [5.41, 5.74) is 2.11. The van der Waals surface area contributed by atoms with Crippen molar-refractivity contribution in [2.75, 3.05) is 20.8 Å². The van der Waals surface area contributed by atoms with E-state index in [1.54, 1.807) is 25.1 Å². The number of aromatic nitrogens is 3. The van der Waals surface area contributed by atoms with Crippen molar-refractivity contribution in [2.24, 2.45) is 0 Å². The third kappa shape index (κ3) is 3.10. The van der Waals surface area contributed by atoms with Crippen molar-refractivity contribution >= 4 is 28.5 Å². The zero-order valence-electron chi connectivity index (χ0n) is 13.9. The van der Waals surface area contributed by atoms with Crippen molar-refractivity contribution in [3.05, 3.63) is 35.1 Å². The molecule has 2 aromatic heterocycles. The molecule has 1 N–H and O–H groups in total. The zero-order valence-corrected chi connectivity index (χ0v) is 14.7. The SMILES string of the molecule is CCOC(=O)c1[nH]c2ccc(Cl)cc2c1-c1cnc(OC)nc1OC. The molecule has 7 nitrogen and oxygen atoms in total. The Labute approximate surface area is 148 Å². The summed E-state index contributed by atoms with van der Waals surface area (Å²) in [4.78, 5) is 23.8. The van der Waals surface area contributed by atoms with E-state index in [4.69, 9.17) is 25.8 Å². The van der Waals surface area contributed by atoms with Gasteiger partial charge in [0.05, 0.1) is 26.4 Å². The maximum absolute atomic E-state index is 12.4. The second kappa shape index (κ2) is 6.98. The zero-order chi connectivity index (χ0) is 18.0. The van der Waals surface area contributed by atoms with Crippen molar-refractivity contribution in [3.63, 3.8) is 0 Å². The van der Waals surface area contributed by atoms with Crippen molar-refractivity contribution in [1.82, 2.24) is 15.0 Å². The molecule has 130 valence electrons. The number of halogens is 1. The van der Waals surface area contributed by atoms with Crippen LogP contribution in [0.4, 0.5) is 0 Å². The van der Waals surface area contributed by atoms with Gasteiger partial charge in [0.2, 0.25) is 5.88 Å². The van der Waals surface area contributed by atoms with Crippen LogP contribution in [0.3, 0.4) is 0 Å². The minimum atomic E-state index is -0.484. The first-order valence-electron chi connectivity index (χ1n) is 7.52. The molecule has 1 aromatic carbocycles. The first-order valence-corrected chi connectivity index (χ1v) is 7.90. The van der Waals surface area contributed by atoms with Crippen LogP contribution in [-0.2, 0) is 4.74 Å². The van der Waals surface area contributed by atoms with Crippen molar-refractivity contribution in [1.29, 1.82) is 0 Å². The first-order chi connectivity index (χ1) is 12.1. The van der Waals surface area contributed by atoms with Crippen LogP contribution in [0.1, 0.15) is 17.4 Å². The molecule has 0 aliphatic heterocycles. The van der Waals surface area contributed by atoms with Crippen LogP contribution in [0.25, 0.3) is 22.0 Å². The molecule has 0 bridgehead atoms. The summed E-state index contributed by atoms with van der Waals surface area (Å²) in [6.07, 6.45) is 1.54. The summed E-state index contributed by atoms with van der Waals surface area (Å²) in [7, 11) is 2.95. The number of H-pyrrole nitrogens is 1. The molecule has 0 amide bonds. The lowest BCUT2D eigenvalue weighted by Crippen LogP contribution is -2.07. The highest BCUT2D eigenvalue weighted by Crippen LogP contribution is 2.38. The lowest BCUT2D eigenvalue weighted by atomic mass is 10.0. The second-order valence-electron chi connectivity index (χ2n) is 5.07. The van der Waals surface area contributed by atoms with Gasteiger partial charge < -0.3 is 19.2 Å². The van der Waals surface area contributed by atoms with Gasteiger partial charge in [-0.1, -0.05) is 11.6 Å². The Kier molecular flexibility index (Phi) is 4.76. The Balaban J connectivity index is 2.31. The Bertz CT molecular complexity index is 939. The van der Waals surface area contributed by atoms with E-state index in [1.807, 2.05) is 0 Å². The molecule has 0 spiro atoms. The van der Waals surface area contributed by atoms with Gasteiger partial charge in [0.15, 0.2) is 0 Å². The average molecular weight is 362 g/mol. The lowest BCUT2D eigenvalue weighted by molar-refractivity contribution is 0.0521. The fraction of sp³-hybridized carbons (Fsp3) is 0.235. The number of hydrogen-bond donors (Lipinski definition) is 1. The molecule has 0 atom stereocenters. The number of hydrogen-bond acceptors (Lipinski definition) is 6. The summed E-state index contributed by atoms with van der Waals surface area (Å²) < 4.78 is 15.5. The van der Waals surface area contributed by atoms with Gasteiger partial charge in [0.1, 0.15) is 5.69 Å². The normalized spacial score (nSPS) is 10.7. The molecule has 0 unspecified atom stereocenters. The molecule has 0 fully saturated rings. The molecular formula is C17H16ClN3O4. The molecule has 25 heavy (non-hydrogen) atoms. The summed E-state index contributed by atoms with van der Waals surface area (Å²) in [6, 6.07) is 5.45. The number of aromatic amines is 1. The number of ether oxygens (including phenoxy) is 3. The lowest BCUT2D eigenvalue weighted by Gasteiger charge is -2.09. The number of benzene rings is 1. The maximum Gasteiger partial charge on any atom is 0.355 e. The highest BCUT2D eigenvalue weighted by molar-refractivity contribution is 6.31. The van der Waals surface area contributed by atoms with Crippen molar-refractivity contribution in [2.45, 2.75) is 6.92 Å².